The van der Waals surface area contributed by atoms with Crippen LogP contribution >= 0.6 is 0 Å². The van der Waals surface area contributed by atoms with Gasteiger partial charge >= 0.3 is 5.97 Å². The van der Waals surface area contributed by atoms with Crippen LogP contribution in [0.3, 0.4) is 0 Å². The summed E-state index contributed by atoms with van der Waals surface area (Å²) in [4.78, 5) is 12.0. The van der Waals surface area contributed by atoms with E-state index >= 15 is 0 Å². The summed E-state index contributed by atoms with van der Waals surface area (Å²) in [7, 11) is 0. The number of benzene rings is 2. The number of hydrogen-bond acceptors (Lipinski definition) is 3. The highest BCUT2D eigenvalue weighted by atomic mass is 16.6. The van der Waals surface area contributed by atoms with E-state index in [0.717, 1.165) is 0 Å². The molecule has 0 aromatic heterocycles. The number of carbonyl (C=O) groups excluding carboxylic acids is 1. The van der Waals surface area contributed by atoms with Crippen LogP contribution in [0.15, 0.2) is 60.7 Å². The average Bonchev–Trinajstić information content (AvgIpc) is 2.54. The molecule has 0 radical (unpaired) electrons. The van der Waals surface area contributed by atoms with Crippen molar-refractivity contribution in [3.8, 4) is 11.8 Å². The van der Waals surface area contributed by atoms with Gasteiger partial charge in [0.15, 0.2) is 5.60 Å². The fraction of sp³-hybridized carbons (Fsp3) is 0.211. The Bertz CT molecular complexity index is 679. The van der Waals surface area contributed by atoms with E-state index in [1.807, 2.05) is 24.3 Å². The highest BCUT2D eigenvalue weighted by Crippen LogP contribution is 2.15. The molecule has 2 aromatic carbocycles. The van der Waals surface area contributed by atoms with Crippen LogP contribution in [-0.4, -0.2) is 16.7 Å². The van der Waals surface area contributed by atoms with Crippen molar-refractivity contribution in [3.63, 3.8) is 0 Å². The van der Waals surface area contributed by atoms with E-state index < -0.39 is 17.7 Å². The maximum Gasteiger partial charge on any atom is 0.339 e. The number of aliphatic hydroxyl groups is 1. The zero-order chi connectivity index (χ0) is 16.0. The topological polar surface area (TPSA) is 46.5 Å². The maximum atomic E-state index is 12.0. The van der Waals surface area contributed by atoms with Crippen LogP contribution in [-0.2, 0) is 4.74 Å². The second kappa shape index (κ2) is 6.93. The van der Waals surface area contributed by atoms with Gasteiger partial charge in [0.2, 0.25) is 0 Å². The molecule has 0 fully saturated rings. The standard InChI is InChI=1S/C19H18O3/c1-19(2,22-18(21)16-11-7-4-8-12-16)14-13-17(20)15-9-5-3-6-10-15/h3-12,17,20H,1-2H3/t17-/m1/s1. The second-order valence-electron chi connectivity index (χ2n) is 5.35. The summed E-state index contributed by atoms with van der Waals surface area (Å²) in [5.74, 6) is 5.10. The molecule has 0 aliphatic rings. The van der Waals surface area contributed by atoms with Crippen LogP contribution in [0.2, 0.25) is 0 Å². The third-order valence-corrected chi connectivity index (χ3v) is 2.98. The smallest absolute Gasteiger partial charge is 0.339 e. The number of aliphatic hydroxyl groups excluding tert-OH is 1. The number of esters is 1. The molecule has 2 rings (SSSR count). The zero-order valence-electron chi connectivity index (χ0n) is 12.6. The van der Waals surface area contributed by atoms with Crippen molar-refractivity contribution in [1.82, 2.24) is 0 Å². The summed E-state index contributed by atoms with van der Waals surface area (Å²) in [5.41, 5.74) is 0.198. The van der Waals surface area contributed by atoms with Gasteiger partial charge in [-0.05, 0) is 31.5 Å². The van der Waals surface area contributed by atoms with E-state index in [2.05, 4.69) is 11.8 Å². The van der Waals surface area contributed by atoms with Gasteiger partial charge in [0, 0.05) is 0 Å². The molecule has 3 nitrogen and oxygen atoms in total. The minimum absolute atomic E-state index is 0.436. The van der Waals surface area contributed by atoms with Crippen molar-refractivity contribution in [1.29, 1.82) is 0 Å². The maximum absolute atomic E-state index is 12.0. The Morgan fingerprint density at radius 2 is 1.59 bits per heavy atom. The first-order valence-corrected chi connectivity index (χ1v) is 7.02. The van der Waals surface area contributed by atoms with Gasteiger partial charge in [0.1, 0.15) is 6.10 Å². The van der Waals surface area contributed by atoms with Gasteiger partial charge in [-0.2, -0.15) is 0 Å². The lowest BCUT2D eigenvalue weighted by atomic mass is 10.1. The molecule has 0 aliphatic carbocycles. The molecule has 0 saturated carbocycles. The average molecular weight is 294 g/mol. The van der Waals surface area contributed by atoms with Crippen molar-refractivity contribution in [2.24, 2.45) is 0 Å². The Morgan fingerprint density at radius 1 is 1.05 bits per heavy atom. The van der Waals surface area contributed by atoms with E-state index in [1.165, 1.54) is 0 Å². The molecule has 0 amide bonds. The fourth-order valence-electron chi connectivity index (χ4n) is 1.85. The van der Waals surface area contributed by atoms with E-state index in [1.54, 1.807) is 50.2 Å². The molecule has 3 heteroatoms. The van der Waals surface area contributed by atoms with Crippen LogP contribution in [0.1, 0.15) is 35.9 Å². The summed E-state index contributed by atoms with van der Waals surface area (Å²) >= 11 is 0. The van der Waals surface area contributed by atoms with E-state index in [9.17, 15) is 9.90 Å². The summed E-state index contributed by atoms with van der Waals surface area (Å²) in [5, 5.41) is 10.0. The molecule has 112 valence electrons. The predicted octanol–water partition coefficient (Wildman–Crippen LogP) is 3.36. The SMILES string of the molecule is CC(C)(C#C[C@@H](O)c1ccccc1)OC(=O)c1ccccc1. The molecule has 0 saturated heterocycles. The van der Waals surface area contributed by atoms with Crippen molar-refractivity contribution >= 4 is 5.97 Å². The zero-order valence-corrected chi connectivity index (χ0v) is 12.6. The fourth-order valence-corrected chi connectivity index (χ4v) is 1.85. The minimum atomic E-state index is -0.983. The van der Waals surface area contributed by atoms with E-state index in [0.29, 0.717) is 11.1 Å². The van der Waals surface area contributed by atoms with Crippen LogP contribution in [0.4, 0.5) is 0 Å². The van der Waals surface area contributed by atoms with Gasteiger partial charge in [0.05, 0.1) is 5.56 Å². The lowest BCUT2D eigenvalue weighted by Gasteiger charge is -2.19. The molecule has 0 spiro atoms. The monoisotopic (exact) mass is 294 g/mol. The van der Waals surface area contributed by atoms with Gasteiger partial charge in [0.25, 0.3) is 0 Å². The molecule has 22 heavy (non-hydrogen) atoms. The minimum Gasteiger partial charge on any atom is -0.443 e. The Hall–Kier alpha value is -2.57. The number of carbonyl (C=O) groups is 1. The lowest BCUT2D eigenvalue weighted by molar-refractivity contribution is 0.0202. The summed E-state index contributed by atoms with van der Waals surface area (Å²) < 4.78 is 5.39. The summed E-state index contributed by atoms with van der Waals surface area (Å²) in [6.07, 6.45) is -0.907. The Kier molecular flexibility index (Phi) is 4.98. The first-order chi connectivity index (χ1) is 10.5. The second-order valence-corrected chi connectivity index (χ2v) is 5.35. The van der Waals surface area contributed by atoms with Gasteiger partial charge in [-0.1, -0.05) is 60.4 Å². The van der Waals surface area contributed by atoms with Crippen molar-refractivity contribution in [2.45, 2.75) is 25.6 Å². The molecule has 0 bridgehead atoms. The van der Waals surface area contributed by atoms with E-state index in [4.69, 9.17) is 4.74 Å². The third kappa shape index (κ3) is 4.47. The normalized spacial score (nSPS) is 12.0. The molecule has 1 N–H and O–H groups in total. The van der Waals surface area contributed by atoms with Gasteiger partial charge in [-0.3, -0.25) is 0 Å². The molecule has 1 atom stereocenters. The van der Waals surface area contributed by atoms with Crippen molar-refractivity contribution in [2.75, 3.05) is 0 Å². The Morgan fingerprint density at radius 3 is 2.18 bits per heavy atom. The first-order valence-electron chi connectivity index (χ1n) is 7.02. The van der Waals surface area contributed by atoms with Crippen LogP contribution in [0.5, 0.6) is 0 Å². The summed E-state index contributed by atoms with van der Waals surface area (Å²) in [6.45, 7) is 3.39. The number of hydrogen-bond donors (Lipinski definition) is 1. The first kappa shape index (κ1) is 15.8. The van der Waals surface area contributed by atoms with Gasteiger partial charge in [-0.25, -0.2) is 4.79 Å². The summed E-state index contributed by atoms with van der Waals surface area (Å²) in [6, 6.07) is 17.9. The quantitative estimate of drug-likeness (QED) is 0.697. The van der Waals surface area contributed by atoms with Gasteiger partial charge < -0.3 is 9.84 Å². The molecular weight excluding hydrogens is 276 g/mol. The lowest BCUT2D eigenvalue weighted by Crippen LogP contribution is -2.26. The Balaban J connectivity index is 2.05. The van der Waals surface area contributed by atoms with Crippen LogP contribution in [0.25, 0.3) is 0 Å². The van der Waals surface area contributed by atoms with Crippen molar-refractivity contribution in [3.05, 3.63) is 71.8 Å². The predicted molar refractivity (Wildman–Crippen MR) is 85.1 cm³/mol. The van der Waals surface area contributed by atoms with Crippen molar-refractivity contribution < 1.29 is 14.6 Å². The molecule has 2 aromatic rings. The van der Waals surface area contributed by atoms with Gasteiger partial charge in [-0.15, -0.1) is 0 Å². The highest BCUT2D eigenvalue weighted by Gasteiger charge is 2.21. The van der Waals surface area contributed by atoms with Crippen LogP contribution in [0, 0.1) is 11.8 Å². The number of rotatable bonds is 3. The molecule has 0 heterocycles. The molecule has 0 aliphatic heterocycles. The van der Waals surface area contributed by atoms with Crippen LogP contribution < -0.4 is 0 Å². The molecule has 0 unspecified atom stereocenters. The third-order valence-electron chi connectivity index (χ3n) is 2.98. The Labute approximate surface area is 130 Å². The van der Waals surface area contributed by atoms with E-state index in [-0.39, 0.29) is 0 Å². The molecular formula is C19H18O3. The highest BCUT2D eigenvalue weighted by molar-refractivity contribution is 5.89. The number of ether oxygens (including phenoxy) is 1. The largest absolute Gasteiger partial charge is 0.443 e.